The Labute approximate surface area is 102 Å². The van der Waals surface area contributed by atoms with Gasteiger partial charge in [0.2, 0.25) is 0 Å². The summed E-state index contributed by atoms with van der Waals surface area (Å²) in [7, 11) is 0. The minimum Gasteiger partial charge on any atom is -0.481 e. The molecule has 0 saturated heterocycles. The van der Waals surface area contributed by atoms with Crippen molar-refractivity contribution in [3.63, 3.8) is 0 Å². The Kier molecular flexibility index (Phi) is 9.49. The molecular weight excluding hydrogens is 353 g/mol. The van der Waals surface area contributed by atoms with E-state index in [1.54, 1.807) is 0 Å². The first-order valence-electron chi connectivity index (χ1n) is 4.63. The number of carboxylic acids is 1. The molecule has 0 aliphatic rings. The van der Waals surface area contributed by atoms with E-state index < -0.39 is 5.97 Å². The van der Waals surface area contributed by atoms with Gasteiger partial charge in [0.05, 0.1) is 0 Å². The molecule has 0 aliphatic heterocycles. The molecule has 0 atom stereocenters. The number of rotatable bonds is 5. The van der Waals surface area contributed by atoms with E-state index in [2.05, 4.69) is 20.8 Å². The first kappa shape index (κ1) is 15.9. The third-order valence-corrected chi connectivity index (χ3v) is 1.82. The summed E-state index contributed by atoms with van der Waals surface area (Å²) in [5.74, 6) is -0.675. The van der Waals surface area contributed by atoms with E-state index >= 15 is 0 Å². The molecule has 0 saturated carbocycles. The van der Waals surface area contributed by atoms with Gasteiger partial charge < -0.3 is 5.11 Å². The van der Waals surface area contributed by atoms with Crippen molar-refractivity contribution in [2.75, 3.05) is 0 Å². The fourth-order valence-electron chi connectivity index (χ4n) is 1.11. The Morgan fingerprint density at radius 2 is 1.69 bits per heavy atom. The second-order valence-electron chi connectivity index (χ2n) is 4.52. The minimum absolute atomic E-state index is 0. The Hall–Kier alpha value is 0.405. The van der Waals surface area contributed by atoms with E-state index in [1.165, 1.54) is 6.42 Å². The molecule has 1 N–H and O–H groups in total. The van der Waals surface area contributed by atoms with Crippen LogP contribution in [-0.2, 0) is 32.5 Å². The predicted molar refractivity (Wildman–Crippen MR) is 50.2 cm³/mol. The zero-order valence-corrected chi connectivity index (χ0v) is 14.6. The van der Waals surface area contributed by atoms with Crippen molar-refractivity contribution in [1.29, 1.82) is 0 Å². The summed E-state index contributed by atoms with van der Waals surface area (Å²) < 4.78 is 0. The predicted octanol–water partition coefficient (Wildman–Crippen LogP) is 3.07. The van der Waals surface area contributed by atoms with Gasteiger partial charge in [0.15, 0.2) is 0 Å². The summed E-state index contributed by atoms with van der Waals surface area (Å²) in [6, 6.07) is 0. The van der Waals surface area contributed by atoms with Gasteiger partial charge in [0.25, 0.3) is 0 Å². The molecule has 0 unspecified atom stereocenters. The molecule has 0 rings (SSSR count). The van der Waals surface area contributed by atoms with Crippen LogP contribution in [0, 0.1) is 5.41 Å². The fourth-order valence-corrected chi connectivity index (χ4v) is 1.11. The summed E-state index contributed by atoms with van der Waals surface area (Å²) in [6.07, 6.45) is 4.53. The maximum atomic E-state index is 10.2. The number of hydrogen-bond donors (Lipinski definition) is 1. The Morgan fingerprint density at radius 1 is 1.15 bits per heavy atom. The molecule has 13 heavy (non-hydrogen) atoms. The quantitative estimate of drug-likeness (QED) is 0.595. The maximum Gasteiger partial charge on any atom is 0.303 e. The van der Waals surface area contributed by atoms with Crippen LogP contribution in [-0.4, -0.2) is 11.1 Å². The van der Waals surface area contributed by atoms with Crippen molar-refractivity contribution in [3.05, 3.63) is 0 Å². The standard InChI is InChI=1S/C10H20O2.Hg/c1-10(2,3)8-6-4-5-7-9(11)12;/h4-8H2,1-3H3,(H,11,12);. The van der Waals surface area contributed by atoms with Crippen molar-refractivity contribution in [2.45, 2.75) is 52.9 Å². The SMILES string of the molecule is CC(C)(C)CCCCCC(=O)O.[Hg]. The molecule has 0 aromatic heterocycles. The molecule has 0 bridgehead atoms. The summed E-state index contributed by atoms with van der Waals surface area (Å²) in [5.41, 5.74) is 0.392. The monoisotopic (exact) mass is 374 g/mol. The van der Waals surface area contributed by atoms with Crippen LogP contribution in [0.5, 0.6) is 0 Å². The Balaban J connectivity index is 0. The maximum absolute atomic E-state index is 10.2. The van der Waals surface area contributed by atoms with Crippen LogP contribution in [0.3, 0.4) is 0 Å². The van der Waals surface area contributed by atoms with E-state index in [4.69, 9.17) is 5.11 Å². The topological polar surface area (TPSA) is 37.3 Å². The van der Waals surface area contributed by atoms with Gasteiger partial charge in [0.1, 0.15) is 0 Å². The molecule has 3 heteroatoms. The van der Waals surface area contributed by atoms with Crippen molar-refractivity contribution >= 4 is 5.97 Å². The van der Waals surface area contributed by atoms with Gasteiger partial charge in [-0.1, -0.05) is 33.6 Å². The van der Waals surface area contributed by atoms with Crippen molar-refractivity contribution in [1.82, 2.24) is 0 Å². The second kappa shape index (κ2) is 7.78. The number of carbonyl (C=O) groups is 1. The second-order valence-corrected chi connectivity index (χ2v) is 4.52. The van der Waals surface area contributed by atoms with Crippen molar-refractivity contribution in [2.24, 2.45) is 5.41 Å². The van der Waals surface area contributed by atoms with E-state index in [-0.39, 0.29) is 27.7 Å². The van der Waals surface area contributed by atoms with Crippen LogP contribution < -0.4 is 0 Å². The van der Waals surface area contributed by atoms with E-state index in [0.29, 0.717) is 11.8 Å². The summed E-state index contributed by atoms with van der Waals surface area (Å²) >= 11 is 0. The van der Waals surface area contributed by atoms with Crippen LogP contribution in [0.1, 0.15) is 52.9 Å². The van der Waals surface area contributed by atoms with Crippen LogP contribution in [0.4, 0.5) is 0 Å². The Bertz CT molecular complexity index is 138. The molecule has 0 radical (unpaired) electrons. The molecule has 0 spiro atoms. The van der Waals surface area contributed by atoms with Crippen molar-refractivity contribution in [3.8, 4) is 0 Å². The fraction of sp³-hybridized carbons (Fsp3) is 0.900. The first-order chi connectivity index (χ1) is 5.42. The van der Waals surface area contributed by atoms with Gasteiger partial charge in [0, 0.05) is 34.1 Å². The molecular formula is C10H20HgO2. The van der Waals surface area contributed by atoms with Gasteiger partial charge in [-0.05, 0) is 18.3 Å². The third kappa shape index (κ3) is 15.2. The van der Waals surface area contributed by atoms with E-state index in [1.807, 2.05) is 0 Å². The third-order valence-electron chi connectivity index (χ3n) is 1.82. The minimum atomic E-state index is -0.675. The first-order valence-corrected chi connectivity index (χ1v) is 4.63. The largest absolute Gasteiger partial charge is 0.481 e. The molecule has 0 amide bonds. The van der Waals surface area contributed by atoms with Gasteiger partial charge in [-0.25, -0.2) is 0 Å². The van der Waals surface area contributed by atoms with E-state index in [9.17, 15) is 4.79 Å². The molecule has 0 fully saturated rings. The number of unbranched alkanes of at least 4 members (excludes halogenated alkanes) is 2. The zero-order valence-electron chi connectivity index (χ0n) is 9.10. The molecule has 0 heterocycles. The summed E-state index contributed by atoms with van der Waals surface area (Å²) in [4.78, 5) is 10.2. The van der Waals surface area contributed by atoms with Gasteiger partial charge in [-0.15, -0.1) is 0 Å². The zero-order chi connectivity index (χ0) is 9.61. The van der Waals surface area contributed by atoms with Crippen LogP contribution >= 0.6 is 0 Å². The molecule has 0 aliphatic carbocycles. The van der Waals surface area contributed by atoms with Crippen LogP contribution in [0.15, 0.2) is 0 Å². The number of hydrogen-bond acceptors (Lipinski definition) is 1. The molecule has 0 aromatic carbocycles. The smallest absolute Gasteiger partial charge is 0.303 e. The number of carboxylic acid groups (broad SMARTS) is 1. The molecule has 0 aromatic rings. The van der Waals surface area contributed by atoms with Crippen LogP contribution in [0.25, 0.3) is 0 Å². The molecule has 2 nitrogen and oxygen atoms in total. The molecule has 74 valence electrons. The van der Waals surface area contributed by atoms with Crippen LogP contribution in [0.2, 0.25) is 0 Å². The van der Waals surface area contributed by atoms with Gasteiger partial charge in [-0.2, -0.15) is 0 Å². The van der Waals surface area contributed by atoms with Crippen molar-refractivity contribution < 1.29 is 37.6 Å². The normalized spacial score (nSPS) is 10.7. The number of aliphatic carboxylic acids is 1. The van der Waals surface area contributed by atoms with Gasteiger partial charge in [-0.3, -0.25) is 4.79 Å². The van der Waals surface area contributed by atoms with Gasteiger partial charge >= 0.3 is 5.97 Å². The van der Waals surface area contributed by atoms with E-state index in [0.717, 1.165) is 19.3 Å². The average molecular weight is 373 g/mol. The summed E-state index contributed by atoms with van der Waals surface area (Å²) in [5, 5.41) is 8.37. The average Bonchev–Trinajstić information content (AvgIpc) is 1.83. The Morgan fingerprint density at radius 3 is 2.08 bits per heavy atom. The summed E-state index contributed by atoms with van der Waals surface area (Å²) in [6.45, 7) is 6.64.